The molecule has 0 saturated carbocycles. The molecule has 0 unspecified atom stereocenters. The molecule has 0 atom stereocenters. The maximum absolute atomic E-state index is 13.2. The van der Waals surface area contributed by atoms with Gasteiger partial charge in [-0.1, -0.05) is 11.6 Å². The quantitative estimate of drug-likeness (QED) is 0.711. The molecule has 26 heavy (non-hydrogen) atoms. The van der Waals surface area contributed by atoms with E-state index < -0.39 is 17.6 Å². The SMILES string of the molecule is O=C(c1ccc(C(F)(F)F)cc1)N1CCN(c2ccc(F)c(Cl)c2)CC1. The van der Waals surface area contributed by atoms with Gasteiger partial charge in [0.25, 0.3) is 5.91 Å². The third-order valence-corrected chi connectivity index (χ3v) is 4.58. The second-order valence-corrected chi connectivity index (χ2v) is 6.36. The first-order valence-electron chi connectivity index (χ1n) is 7.92. The number of alkyl halides is 3. The molecule has 1 amide bonds. The zero-order valence-electron chi connectivity index (χ0n) is 13.6. The molecule has 0 aliphatic carbocycles. The Morgan fingerprint density at radius 1 is 0.962 bits per heavy atom. The van der Waals surface area contributed by atoms with Gasteiger partial charge in [0.05, 0.1) is 10.6 Å². The maximum Gasteiger partial charge on any atom is 0.416 e. The fourth-order valence-corrected chi connectivity index (χ4v) is 3.01. The van der Waals surface area contributed by atoms with E-state index in [0.717, 1.165) is 17.8 Å². The monoisotopic (exact) mass is 386 g/mol. The predicted molar refractivity (Wildman–Crippen MR) is 91.0 cm³/mol. The summed E-state index contributed by atoms with van der Waals surface area (Å²) in [4.78, 5) is 16.0. The van der Waals surface area contributed by atoms with E-state index in [2.05, 4.69) is 0 Å². The minimum absolute atomic E-state index is 0.0331. The number of rotatable bonds is 2. The van der Waals surface area contributed by atoms with Gasteiger partial charge in [0, 0.05) is 37.4 Å². The summed E-state index contributed by atoms with van der Waals surface area (Å²) in [5, 5.41) is 0.0331. The second-order valence-electron chi connectivity index (χ2n) is 5.95. The van der Waals surface area contributed by atoms with E-state index in [-0.39, 0.29) is 16.5 Å². The van der Waals surface area contributed by atoms with Gasteiger partial charge in [0.15, 0.2) is 0 Å². The zero-order chi connectivity index (χ0) is 18.9. The Hall–Kier alpha value is -2.28. The van der Waals surface area contributed by atoms with Crippen molar-refractivity contribution >= 4 is 23.2 Å². The highest BCUT2D eigenvalue weighted by molar-refractivity contribution is 6.31. The van der Waals surface area contributed by atoms with Gasteiger partial charge in [0.2, 0.25) is 0 Å². The molecule has 1 saturated heterocycles. The lowest BCUT2D eigenvalue weighted by atomic mass is 10.1. The first-order chi connectivity index (χ1) is 12.3. The van der Waals surface area contributed by atoms with Crippen LogP contribution in [0.4, 0.5) is 23.2 Å². The van der Waals surface area contributed by atoms with Crippen LogP contribution in [0.3, 0.4) is 0 Å². The summed E-state index contributed by atoms with van der Waals surface area (Å²) in [5.74, 6) is -0.804. The van der Waals surface area contributed by atoms with Gasteiger partial charge in [-0.05, 0) is 42.5 Å². The van der Waals surface area contributed by atoms with Gasteiger partial charge in [-0.2, -0.15) is 13.2 Å². The van der Waals surface area contributed by atoms with Crippen LogP contribution in [0.1, 0.15) is 15.9 Å². The Morgan fingerprint density at radius 3 is 2.12 bits per heavy atom. The van der Waals surface area contributed by atoms with E-state index in [1.165, 1.54) is 24.3 Å². The number of piperazine rings is 1. The molecule has 0 bridgehead atoms. The van der Waals surface area contributed by atoms with Crippen molar-refractivity contribution in [2.24, 2.45) is 0 Å². The minimum atomic E-state index is -4.43. The summed E-state index contributed by atoms with van der Waals surface area (Å²) in [6, 6.07) is 8.64. The fourth-order valence-electron chi connectivity index (χ4n) is 2.83. The van der Waals surface area contributed by atoms with Crippen molar-refractivity contribution in [3.63, 3.8) is 0 Å². The fraction of sp³-hybridized carbons (Fsp3) is 0.278. The van der Waals surface area contributed by atoms with Crippen molar-refractivity contribution in [3.05, 3.63) is 64.4 Å². The lowest BCUT2D eigenvalue weighted by Crippen LogP contribution is -2.48. The van der Waals surface area contributed by atoms with Gasteiger partial charge >= 0.3 is 6.18 Å². The average molecular weight is 387 g/mol. The van der Waals surface area contributed by atoms with Gasteiger partial charge < -0.3 is 9.80 Å². The van der Waals surface area contributed by atoms with Crippen molar-refractivity contribution in [2.45, 2.75) is 6.18 Å². The third kappa shape index (κ3) is 3.93. The molecule has 2 aromatic carbocycles. The summed E-state index contributed by atoms with van der Waals surface area (Å²) in [7, 11) is 0. The number of hydrogen-bond donors (Lipinski definition) is 0. The molecule has 0 N–H and O–H groups in total. The summed E-state index contributed by atoms with van der Waals surface area (Å²) in [5.41, 5.74) is 0.196. The van der Waals surface area contributed by atoms with Crippen LogP contribution >= 0.6 is 11.6 Å². The molecule has 0 spiro atoms. The number of anilines is 1. The van der Waals surface area contributed by atoms with E-state index in [1.54, 1.807) is 11.0 Å². The lowest BCUT2D eigenvalue weighted by molar-refractivity contribution is -0.137. The Morgan fingerprint density at radius 2 is 1.58 bits per heavy atom. The highest BCUT2D eigenvalue weighted by atomic mass is 35.5. The number of carbonyl (C=O) groups is 1. The van der Waals surface area contributed by atoms with Gasteiger partial charge in [0.1, 0.15) is 5.82 Å². The van der Waals surface area contributed by atoms with E-state index in [4.69, 9.17) is 11.6 Å². The molecule has 8 heteroatoms. The molecular formula is C18H15ClF4N2O. The smallest absolute Gasteiger partial charge is 0.368 e. The summed E-state index contributed by atoms with van der Waals surface area (Å²) in [6.45, 7) is 1.87. The number of amides is 1. The Labute approximate surface area is 152 Å². The molecule has 1 heterocycles. The molecule has 0 radical (unpaired) electrons. The molecular weight excluding hydrogens is 372 g/mol. The third-order valence-electron chi connectivity index (χ3n) is 4.29. The summed E-state index contributed by atoms with van der Waals surface area (Å²) >= 11 is 5.79. The Kier molecular flexibility index (Phi) is 5.09. The van der Waals surface area contributed by atoms with Crippen LogP contribution in [0.5, 0.6) is 0 Å². The van der Waals surface area contributed by atoms with Gasteiger partial charge in [-0.3, -0.25) is 4.79 Å². The minimum Gasteiger partial charge on any atom is -0.368 e. The van der Waals surface area contributed by atoms with E-state index in [0.29, 0.717) is 26.2 Å². The van der Waals surface area contributed by atoms with Crippen molar-refractivity contribution in [1.82, 2.24) is 4.90 Å². The molecule has 138 valence electrons. The molecule has 3 rings (SSSR count). The average Bonchev–Trinajstić information content (AvgIpc) is 2.63. The first kappa shape index (κ1) is 18.5. The van der Waals surface area contributed by atoms with Crippen molar-refractivity contribution < 1.29 is 22.4 Å². The standard InChI is InChI=1S/C18H15ClF4N2O/c19-15-11-14(5-6-16(15)20)24-7-9-25(10-8-24)17(26)12-1-3-13(4-2-12)18(21,22)23/h1-6,11H,7-10H2. The lowest BCUT2D eigenvalue weighted by Gasteiger charge is -2.36. The predicted octanol–water partition coefficient (Wildman–Crippen LogP) is 4.46. The van der Waals surface area contributed by atoms with Crippen LogP contribution in [0, 0.1) is 5.82 Å². The van der Waals surface area contributed by atoms with Crippen LogP contribution in [0.25, 0.3) is 0 Å². The molecule has 1 aliphatic rings. The second kappa shape index (κ2) is 7.15. The number of halogens is 5. The van der Waals surface area contributed by atoms with Gasteiger partial charge in [-0.15, -0.1) is 0 Å². The Balaban J connectivity index is 1.64. The van der Waals surface area contributed by atoms with Gasteiger partial charge in [-0.25, -0.2) is 4.39 Å². The highest BCUT2D eigenvalue weighted by Crippen LogP contribution is 2.29. The largest absolute Gasteiger partial charge is 0.416 e. The molecule has 1 aliphatic heterocycles. The van der Waals surface area contributed by atoms with Crippen LogP contribution in [0.2, 0.25) is 5.02 Å². The van der Waals surface area contributed by atoms with E-state index >= 15 is 0 Å². The number of benzene rings is 2. The van der Waals surface area contributed by atoms with E-state index in [9.17, 15) is 22.4 Å². The van der Waals surface area contributed by atoms with Crippen LogP contribution in [-0.2, 0) is 6.18 Å². The Bertz CT molecular complexity index is 800. The van der Waals surface area contributed by atoms with Crippen LogP contribution < -0.4 is 4.90 Å². The number of carbonyl (C=O) groups excluding carboxylic acids is 1. The first-order valence-corrected chi connectivity index (χ1v) is 8.30. The number of nitrogens with zero attached hydrogens (tertiary/aromatic N) is 2. The highest BCUT2D eigenvalue weighted by Gasteiger charge is 2.30. The van der Waals surface area contributed by atoms with Crippen molar-refractivity contribution in [2.75, 3.05) is 31.1 Å². The maximum atomic E-state index is 13.2. The molecule has 2 aromatic rings. The summed E-state index contributed by atoms with van der Waals surface area (Å²) in [6.07, 6.45) is -4.43. The number of hydrogen-bond acceptors (Lipinski definition) is 2. The molecule has 0 aromatic heterocycles. The van der Waals surface area contributed by atoms with Crippen LogP contribution in [0.15, 0.2) is 42.5 Å². The topological polar surface area (TPSA) is 23.6 Å². The molecule has 1 fully saturated rings. The normalized spacial score (nSPS) is 15.3. The van der Waals surface area contributed by atoms with Crippen molar-refractivity contribution in [1.29, 1.82) is 0 Å². The summed E-state index contributed by atoms with van der Waals surface area (Å²) < 4.78 is 51.0. The van der Waals surface area contributed by atoms with Crippen LogP contribution in [-0.4, -0.2) is 37.0 Å². The zero-order valence-corrected chi connectivity index (χ0v) is 14.3. The van der Waals surface area contributed by atoms with E-state index in [1.807, 2.05) is 4.90 Å². The molecule has 3 nitrogen and oxygen atoms in total. The van der Waals surface area contributed by atoms with Crippen molar-refractivity contribution in [3.8, 4) is 0 Å².